The molecule has 1 amide bonds. The minimum Gasteiger partial charge on any atom is -0.361 e. The fraction of sp³-hybridized carbons (Fsp3) is 0.389. The Balaban J connectivity index is 2.00. The molecular weight excluding hydrogens is 288 g/mol. The molecule has 1 aromatic heterocycles. The fourth-order valence-corrected chi connectivity index (χ4v) is 2.18. The van der Waals surface area contributed by atoms with E-state index in [4.69, 9.17) is 0 Å². The van der Waals surface area contributed by atoms with Gasteiger partial charge in [0, 0.05) is 17.3 Å². The van der Waals surface area contributed by atoms with Gasteiger partial charge in [0.05, 0.1) is 6.54 Å². The number of aryl methyl sites for hydroxylation is 2. The smallest absolute Gasteiger partial charge is 0.243 e. The van der Waals surface area contributed by atoms with Crippen molar-refractivity contribution in [3.63, 3.8) is 0 Å². The molecule has 5 heteroatoms. The van der Waals surface area contributed by atoms with E-state index in [9.17, 15) is 4.79 Å². The molecule has 0 aliphatic heterocycles. The Morgan fingerprint density at radius 1 is 1.13 bits per heavy atom. The molecule has 5 nitrogen and oxygen atoms in total. The van der Waals surface area contributed by atoms with Crippen molar-refractivity contribution in [2.75, 3.05) is 17.2 Å². The summed E-state index contributed by atoms with van der Waals surface area (Å²) in [6.07, 6.45) is 1.71. The SMILES string of the molecule is Cc1cccc(C)c1NC(=O)CNc1ccnc(C(C)(C)C)n1. The standard InChI is InChI=1S/C18H24N4O/c1-12-7-6-8-13(2)16(12)22-15(23)11-20-14-9-10-19-17(21-14)18(3,4)5/h6-10H,11H2,1-5H3,(H,22,23)(H,19,20,21). The van der Waals surface area contributed by atoms with Crippen molar-refractivity contribution in [3.05, 3.63) is 47.4 Å². The number of para-hydroxylation sites is 1. The number of hydrogen-bond donors (Lipinski definition) is 2. The van der Waals surface area contributed by atoms with E-state index in [-0.39, 0.29) is 17.9 Å². The minimum atomic E-state index is -0.127. The van der Waals surface area contributed by atoms with Gasteiger partial charge in [-0.25, -0.2) is 9.97 Å². The van der Waals surface area contributed by atoms with Crippen molar-refractivity contribution in [2.24, 2.45) is 0 Å². The Morgan fingerprint density at radius 2 is 1.78 bits per heavy atom. The third-order valence-electron chi connectivity index (χ3n) is 3.50. The van der Waals surface area contributed by atoms with Gasteiger partial charge in [0.15, 0.2) is 0 Å². The predicted octanol–water partition coefficient (Wildman–Crippen LogP) is 3.44. The van der Waals surface area contributed by atoms with Crippen LogP contribution in [0.1, 0.15) is 37.7 Å². The normalized spacial score (nSPS) is 11.2. The molecule has 122 valence electrons. The molecule has 0 radical (unpaired) electrons. The van der Waals surface area contributed by atoms with E-state index in [0.717, 1.165) is 22.6 Å². The number of nitrogens with zero attached hydrogens (tertiary/aromatic N) is 2. The highest BCUT2D eigenvalue weighted by atomic mass is 16.1. The molecule has 0 bridgehead atoms. The molecule has 23 heavy (non-hydrogen) atoms. The van der Waals surface area contributed by atoms with Crippen molar-refractivity contribution >= 4 is 17.4 Å². The summed E-state index contributed by atoms with van der Waals surface area (Å²) in [6, 6.07) is 7.71. The first-order valence-electron chi connectivity index (χ1n) is 7.71. The van der Waals surface area contributed by atoms with Gasteiger partial charge < -0.3 is 10.6 Å². The van der Waals surface area contributed by atoms with E-state index in [0.29, 0.717) is 5.82 Å². The first kappa shape index (κ1) is 16.9. The maximum Gasteiger partial charge on any atom is 0.243 e. The van der Waals surface area contributed by atoms with Gasteiger partial charge in [-0.15, -0.1) is 0 Å². The van der Waals surface area contributed by atoms with Crippen molar-refractivity contribution in [1.82, 2.24) is 9.97 Å². The molecular formula is C18H24N4O. The number of amides is 1. The van der Waals surface area contributed by atoms with Crippen LogP contribution in [-0.2, 0) is 10.2 Å². The number of benzene rings is 1. The largest absolute Gasteiger partial charge is 0.361 e. The summed E-state index contributed by atoms with van der Waals surface area (Å²) in [5.41, 5.74) is 2.85. The second-order valence-corrected chi connectivity index (χ2v) is 6.68. The molecule has 0 aliphatic carbocycles. The topological polar surface area (TPSA) is 66.9 Å². The van der Waals surface area contributed by atoms with Crippen LogP contribution in [0, 0.1) is 13.8 Å². The average molecular weight is 312 g/mol. The van der Waals surface area contributed by atoms with E-state index < -0.39 is 0 Å². The van der Waals surface area contributed by atoms with Gasteiger partial charge in [-0.1, -0.05) is 39.0 Å². The van der Waals surface area contributed by atoms with Crippen LogP contribution in [0.5, 0.6) is 0 Å². The Hall–Kier alpha value is -2.43. The van der Waals surface area contributed by atoms with Crippen LogP contribution < -0.4 is 10.6 Å². The van der Waals surface area contributed by atoms with Crippen LogP contribution in [0.3, 0.4) is 0 Å². The molecule has 2 aromatic rings. The lowest BCUT2D eigenvalue weighted by atomic mass is 9.96. The summed E-state index contributed by atoms with van der Waals surface area (Å²) in [4.78, 5) is 20.9. The van der Waals surface area contributed by atoms with Gasteiger partial charge in [-0.3, -0.25) is 4.79 Å². The zero-order chi connectivity index (χ0) is 17.0. The van der Waals surface area contributed by atoms with E-state index in [1.54, 1.807) is 12.3 Å². The molecule has 1 aromatic carbocycles. The zero-order valence-corrected chi connectivity index (χ0v) is 14.4. The molecule has 2 N–H and O–H groups in total. The molecule has 0 fully saturated rings. The van der Waals surface area contributed by atoms with Crippen LogP contribution in [0.15, 0.2) is 30.5 Å². The number of rotatable bonds is 4. The van der Waals surface area contributed by atoms with Crippen LogP contribution >= 0.6 is 0 Å². The average Bonchev–Trinajstić information content (AvgIpc) is 2.48. The number of aromatic nitrogens is 2. The minimum absolute atomic E-state index is 0.0988. The number of nitrogens with one attached hydrogen (secondary N) is 2. The highest BCUT2D eigenvalue weighted by Gasteiger charge is 2.17. The Morgan fingerprint density at radius 3 is 2.39 bits per heavy atom. The maximum atomic E-state index is 12.2. The lowest BCUT2D eigenvalue weighted by Gasteiger charge is -2.17. The van der Waals surface area contributed by atoms with E-state index >= 15 is 0 Å². The van der Waals surface area contributed by atoms with Gasteiger partial charge >= 0.3 is 0 Å². The summed E-state index contributed by atoms with van der Waals surface area (Å²) in [5, 5.41) is 6.00. The molecule has 0 spiro atoms. The van der Waals surface area contributed by atoms with Gasteiger partial charge in [-0.2, -0.15) is 0 Å². The molecule has 0 aliphatic rings. The number of hydrogen-bond acceptors (Lipinski definition) is 4. The van der Waals surface area contributed by atoms with Gasteiger partial charge in [0.25, 0.3) is 0 Å². The third-order valence-corrected chi connectivity index (χ3v) is 3.50. The van der Waals surface area contributed by atoms with Crippen LogP contribution in [0.2, 0.25) is 0 Å². The Kier molecular flexibility index (Phi) is 4.98. The van der Waals surface area contributed by atoms with Crippen molar-refractivity contribution in [3.8, 4) is 0 Å². The Labute approximate surface area is 137 Å². The first-order valence-corrected chi connectivity index (χ1v) is 7.71. The van der Waals surface area contributed by atoms with Crippen LogP contribution in [-0.4, -0.2) is 22.4 Å². The monoisotopic (exact) mass is 312 g/mol. The van der Waals surface area contributed by atoms with Gasteiger partial charge in [-0.05, 0) is 31.0 Å². The van der Waals surface area contributed by atoms with Crippen molar-refractivity contribution < 1.29 is 4.79 Å². The highest BCUT2D eigenvalue weighted by molar-refractivity contribution is 5.95. The molecule has 0 atom stereocenters. The second-order valence-electron chi connectivity index (χ2n) is 6.68. The summed E-state index contributed by atoms with van der Waals surface area (Å²) in [7, 11) is 0. The number of carbonyl (C=O) groups excluding carboxylic acids is 1. The first-order chi connectivity index (χ1) is 10.8. The van der Waals surface area contributed by atoms with Gasteiger partial charge in [0.2, 0.25) is 5.91 Å². The van der Waals surface area contributed by atoms with Crippen LogP contribution in [0.4, 0.5) is 11.5 Å². The van der Waals surface area contributed by atoms with E-state index in [2.05, 4.69) is 41.4 Å². The second kappa shape index (κ2) is 6.77. The molecule has 2 rings (SSSR count). The molecule has 0 saturated carbocycles. The highest BCUT2D eigenvalue weighted by Crippen LogP contribution is 2.20. The lowest BCUT2D eigenvalue weighted by molar-refractivity contribution is -0.114. The predicted molar refractivity (Wildman–Crippen MR) is 93.8 cm³/mol. The van der Waals surface area contributed by atoms with Crippen molar-refractivity contribution in [1.29, 1.82) is 0 Å². The summed E-state index contributed by atoms with van der Waals surface area (Å²) in [6.45, 7) is 10.3. The van der Waals surface area contributed by atoms with Crippen molar-refractivity contribution in [2.45, 2.75) is 40.0 Å². The quantitative estimate of drug-likeness (QED) is 0.907. The van der Waals surface area contributed by atoms with E-state index in [1.807, 2.05) is 32.0 Å². The van der Waals surface area contributed by atoms with Gasteiger partial charge in [0.1, 0.15) is 11.6 Å². The molecule has 0 unspecified atom stereocenters. The zero-order valence-electron chi connectivity index (χ0n) is 14.4. The summed E-state index contributed by atoms with van der Waals surface area (Å²) in [5.74, 6) is 1.30. The molecule has 0 saturated heterocycles. The molecule has 1 heterocycles. The van der Waals surface area contributed by atoms with E-state index in [1.165, 1.54) is 0 Å². The lowest BCUT2D eigenvalue weighted by Crippen LogP contribution is -2.24. The summed E-state index contributed by atoms with van der Waals surface area (Å²) < 4.78 is 0. The Bertz CT molecular complexity index is 684. The number of anilines is 2. The third kappa shape index (κ3) is 4.52. The fourth-order valence-electron chi connectivity index (χ4n) is 2.18. The maximum absolute atomic E-state index is 12.2. The number of carbonyl (C=O) groups is 1. The summed E-state index contributed by atoms with van der Waals surface area (Å²) >= 11 is 0. The van der Waals surface area contributed by atoms with Crippen LogP contribution in [0.25, 0.3) is 0 Å².